The lowest BCUT2D eigenvalue weighted by molar-refractivity contribution is -0.111. The summed E-state index contributed by atoms with van der Waals surface area (Å²) >= 11 is 7.79. The molecule has 27 heavy (non-hydrogen) atoms. The number of nitrogens with zero attached hydrogens (tertiary/aromatic N) is 3. The molecule has 0 spiro atoms. The number of hydrogen-bond acceptors (Lipinski definition) is 4. The van der Waals surface area contributed by atoms with E-state index in [-0.39, 0.29) is 5.91 Å². The number of nitrogens with one attached hydrogen (secondary N) is 1. The molecule has 0 bridgehead atoms. The van der Waals surface area contributed by atoms with Crippen molar-refractivity contribution >= 4 is 40.1 Å². The lowest BCUT2D eigenvalue weighted by Crippen LogP contribution is -2.07. The van der Waals surface area contributed by atoms with Crippen LogP contribution in [0.25, 0.3) is 17.3 Å². The standard InChI is InChI=1S/C20H21ClN4OS/c1-13(2)11-25-19(21)16(14(3)24-25)9-10-18(26)23-20-22-17(12-27-20)15-7-5-4-6-8-15/h4-10,12-13H,11H2,1-3H3,(H,22,23,26)/b10-9+. The van der Waals surface area contributed by atoms with Crippen LogP contribution in [-0.4, -0.2) is 20.7 Å². The average Bonchev–Trinajstić information content (AvgIpc) is 3.19. The van der Waals surface area contributed by atoms with E-state index in [4.69, 9.17) is 11.6 Å². The number of benzene rings is 1. The molecule has 0 unspecified atom stereocenters. The number of rotatable bonds is 6. The fraction of sp³-hybridized carbons (Fsp3) is 0.250. The van der Waals surface area contributed by atoms with E-state index in [0.29, 0.717) is 16.2 Å². The van der Waals surface area contributed by atoms with Gasteiger partial charge in [0.05, 0.1) is 11.4 Å². The molecule has 140 valence electrons. The number of anilines is 1. The summed E-state index contributed by atoms with van der Waals surface area (Å²) in [4.78, 5) is 16.7. The Labute approximate surface area is 167 Å². The Hall–Kier alpha value is -2.44. The molecule has 5 nitrogen and oxygen atoms in total. The molecule has 2 heterocycles. The molecule has 0 fully saturated rings. The molecule has 0 saturated heterocycles. The van der Waals surface area contributed by atoms with Crippen molar-refractivity contribution in [2.75, 3.05) is 5.32 Å². The second-order valence-electron chi connectivity index (χ2n) is 6.59. The zero-order valence-corrected chi connectivity index (χ0v) is 17.0. The zero-order valence-electron chi connectivity index (χ0n) is 15.4. The predicted molar refractivity (Wildman–Crippen MR) is 112 cm³/mol. The average molecular weight is 401 g/mol. The maximum Gasteiger partial charge on any atom is 0.250 e. The monoisotopic (exact) mass is 400 g/mol. The van der Waals surface area contributed by atoms with Gasteiger partial charge in [-0.1, -0.05) is 55.8 Å². The molecule has 0 radical (unpaired) electrons. The molecule has 2 aromatic heterocycles. The van der Waals surface area contributed by atoms with Gasteiger partial charge < -0.3 is 0 Å². The number of aromatic nitrogens is 3. The first kappa shape index (κ1) is 19.3. The van der Waals surface area contributed by atoms with E-state index in [1.165, 1.54) is 17.4 Å². The predicted octanol–water partition coefficient (Wildman–Crippen LogP) is 5.28. The molecular weight excluding hydrogens is 380 g/mol. The van der Waals surface area contributed by atoms with Gasteiger partial charge in [0.25, 0.3) is 0 Å². The van der Waals surface area contributed by atoms with Crippen molar-refractivity contribution in [2.24, 2.45) is 5.92 Å². The van der Waals surface area contributed by atoms with Crippen LogP contribution in [0.2, 0.25) is 5.15 Å². The van der Waals surface area contributed by atoms with Crippen molar-refractivity contribution in [1.82, 2.24) is 14.8 Å². The van der Waals surface area contributed by atoms with Crippen LogP contribution in [0.15, 0.2) is 41.8 Å². The first-order valence-electron chi connectivity index (χ1n) is 8.67. The summed E-state index contributed by atoms with van der Waals surface area (Å²) in [6.07, 6.45) is 3.15. The van der Waals surface area contributed by atoms with Crippen LogP contribution in [0.3, 0.4) is 0 Å². The Bertz CT molecular complexity index is 960. The summed E-state index contributed by atoms with van der Waals surface area (Å²) in [5.74, 6) is 0.182. The topological polar surface area (TPSA) is 59.8 Å². The lowest BCUT2D eigenvalue weighted by atomic mass is 10.2. The number of halogens is 1. The maximum atomic E-state index is 12.2. The molecular formula is C20H21ClN4OS. The second-order valence-corrected chi connectivity index (χ2v) is 7.81. The van der Waals surface area contributed by atoms with Crippen molar-refractivity contribution < 1.29 is 4.79 Å². The molecule has 0 aliphatic rings. The largest absolute Gasteiger partial charge is 0.298 e. The number of amides is 1. The third kappa shape index (κ3) is 4.84. The van der Waals surface area contributed by atoms with Gasteiger partial charge in [-0.05, 0) is 18.9 Å². The number of carbonyl (C=O) groups is 1. The molecule has 1 aromatic carbocycles. The van der Waals surface area contributed by atoms with Crippen LogP contribution in [0.1, 0.15) is 25.1 Å². The SMILES string of the molecule is Cc1nn(CC(C)C)c(Cl)c1/C=C/C(=O)Nc1nc(-c2ccccc2)cs1. The van der Waals surface area contributed by atoms with Gasteiger partial charge in [0.2, 0.25) is 5.91 Å². The zero-order chi connectivity index (χ0) is 19.4. The Morgan fingerprint density at radius 2 is 2.07 bits per heavy atom. The van der Waals surface area contributed by atoms with Gasteiger partial charge in [-0.3, -0.25) is 14.8 Å². The molecule has 3 aromatic rings. The van der Waals surface area contributed by atoms with Crippen LogP contribution in [0.5, 0.6) is 0 Å². The number of aryl methyl sites for hydroxylation is 1. The van der Waals surface area contributed by atoms with E-state index in [1.807, 2.05) is 42.6 Å². The molecule has 1 amide bonds. The summed E-state index contributed by atoms with van der Waals surface area (Å²) in [6.45, 7) is 6.83. The van der Waals surface area contributed by atoms with Crippen molar-refractivity contribution in [3.8, 4) is 11.3 Å². The van der Waals surface area contributed by atoms with E-state index in [0.717, 1.165) is 29.1 Å². The van der Waals surface area contributed by atoms with Gasteiger partial charge in [0.15, 0.2) is 5.13 Å². The molecule has 7 heteroatoms. The van der Waals surface area contributed by atoms with Crippen LogP contribution in [0.4, 0.5) is 5.13 Å². The third-order valence-electron chi connectivity index (χ3n) is 3.85. The summed E-state index contributed by atoms with van der Waals surface area (Å²) in [6, 6.07) is 9.85. The summed E-state index contributed by atoms with van der Waals surface area (Å²) in [7, 11) is 0. The van der Waals surface area contributed by atoms with Crippen LogP contribution >= 0.6 is 22.9 Å². The van der Waals surface area contributed by atoms with Crippen LogP contribution < -0.4 is 5.32 Å². The van der Waals surface area contributed by atoms with E-state index >= 15 is 0 Å². The van der Waals surface area contributed by atoms with E-state index in [1.54, 1.807) is 10.8 Å². The van der Waals surface area contributed by atoms with Gasteiger partial charge >= 0.3 is 0 Å². The highest BCUT2D eigenvalue weighted by Gasteiger charge is 2.12. The van der Waals surface area contributed by atoms with E-state index in [2.05, 4.69) is 29.2 Å². The van der Waals surface area contributed by atoms with Gasteiger partial charge in [0.1, 0.15) is 5.15 Å². The summed E-state index contributed by atoms with van der Waals surface area (Å²) in [5, 5.41) is 10.3. The number of carbonyl (C=O) groups excluding carboxylic acids is 1. The van der Waals surface area contributed by atoms with Gasteiger partial charge in [-0.25, -0.2) is 4.98 Å². The minimum atomic E-state index is -0.254. The number of hydrogen-bond donors (Lipinski definition) is 1. The maximum absolute atomic E-state index is 12.2. The molecule has 0 saturated carbocycles. The second kappa shape index (κ2) is 8.50. The Balaban J connectivity index is 1.68. The van der Waals surface area contributed by atoms with Crippen molar-refractivity contribution in [2.45, 2.75) is 27.3 Å². The van der Waals surface area contributed by atoms with Crippen LogP contribution in [-0.2, 0) is 11.3 Å². The lowest BCUT2D eigenvalue weighted by Gasteiger charge is -2.05. The molecule has 0 aliphatic carbocycles. The minimum Gasteiger partial charge on any atom is -0.298 e. The Morgan fingerprint density at radius 1 is 1.33 bits per heavy atom. The van der Waals surface area contributed by atoms with Gasteiger partial charge in [0, 0.05) is 29.1 Å². The third-order valence-corrected chi connectivity index (χ3v) is 5.01. The highest BCUT2D eigenvalue weighted by atomic mass is 35.5. The fourth-order valence-corrected chi connectivity index (χ4v) is 3.63. The molecule has 0 aliphatic heterocycles. The molecule has 1 N–H and O–H groups in total. The smallest absolute Gasteiger partial charge is 0.250 e. The normalized spacial score (nSPS) is 11.4. The van der Waals surface area contributed by atoms with E-state index in [9.17, 15) is 4.79 Å². The first-order valence-corrected chi connectivity index (χ1v) is 9.92. The minimum absolute atomic E-state index is 0.254. The Morgan fingerprint density at radius 3 is 2.78 bits per heavy atom. The van der Waals surface area contributed by atoms with Crippen LogP contribution in [0, 0.1) is 12.8 Å². The number of thiazole rings is 1. The van der Waals surface area contributed by atoms with Crippen molar-refractivity contribution in [1.29, 1.82) is 0 Å². The van der Waals surface area contributed by atoms with Gasteiger partial charge in [-0.2, -0.15) is 5.10 Å². The van der Waals surface area contributed by atoms with Crippen molar-refractivity contribution in [3.63, 3.8) is 0 Å². The molecule has 0 atom stereocenters. The van der Waals surface area contributed by atoms with Crippen molar-refractivity contribution in [3.05, 3.63) is 58.2 Å². The fourth-order valence-electron chi connectivity index (χ4n) is 2.60. The Kier molecular flexibility index (Phi) is 6.08. The quantitative estimate of drug-likeness (QED) is 0.573. The summed E-state index contributed by atoms with van der Waals surface area (Å²) < 4.78 is 1.77. The summed E-state index contributed by atoms with van der Waals surface area (Å²) in [5.41, 5.74) is 3.42. The highest BCUT2D eigenvalue weighted by molar-refractivity contribution is 7.14. The molecule has 3 rings (SSSR count). The first-order chi connectivity index (χ1) is 12.9. The van der Waals surface area contributed by atoms with E-state index < -0.39 is 0 Å². The van der Waals surface area contributed by atoms with Gasteiger partial charge in [-0.15, -0.1) is 11.3 Å². The highest BCUT2D eigenvalue weighted by Crippen LogP contribution is 2.25.